The van der Waals surface area contributed by atoms with E-state index in [1.165, 1.54) is 11.1 Å². The van der Waals surface area contributed by atoms with Crippen molar-refractivity contribution in [3.8, 4) is 0 Å². The molecule has 0 spiro atoms. The van der Waals surface area contributed by atoms with E-state index >= 15 is 0 Å². The van der Waals surface area contributed by atoms with E-state index in [1.807, 2.05) is 32.0 Å². The molecule has 1 aliphatic rings. The zero-order valence-electron chi connectivity index (χ0n) is 14.8. The molecule has 4 heteroatoms. The van der Waals surface area contributed by atoms with Crippen molar-refractivity contribution in [3.63, 3.8) is 0 Å². The molecular formula is C21H24N2O2. The number of fused-ring (bicyclic) bond motifs is 1. The van der Waals surface area contributed by atoms with Gasteiger partial charge in [-0.2, -0.15) is 0 Å². The maximum atomic E-state index is 12.5. The van der Waals surface area contributed by atoms with Gasteiger partial charge in [-0.15, -0.1) is 0 Å². The van der Waals surface area contributed by atoms with Crippen LogP contribution >= 0.6 is 0 Å². The molecule has 1 N–H and O–H groups in total. The van der Waals surface area contributed by atoms with Crippen molar-refractivity contribution >= 4 is 17.5 Å². The Morgan fingerprint density at radius 1 is 0.960 bits per heavy atom. The van der Waals surface area contributed by atoms with E-state index in [-0.39, 0.29) is 11.8 Å². The number of aryl methyl sites for hydroxylation is 2. The van der Waals surface area contributed by atoms with Crippen LogP contribution in [-0.4, -0.2) is 29.8 Å². The maximum absolute atomic E-state index is 12.5. The molecule has 0 aliphatic heterocycles. The van der Waals surface area contributed by atoms with Crippen LogP contribution in [0, 0.1) is 0 Å². The Bertz CT molecular complexity index is 794. The summed E-state index contributed by atoms with van der Waals surface area (Å²) in [7, 11) is 0. The van der Waals surface area contributed by atoms with Crippen LogP contribution in [0.2, 0.25) is 0 Å². The van der Waals surface area contributed by atoms with Gasteiger partial charge in [-0.1, -0.05) is 12.1 Å². The molecule has 0 saturated carbocycles. The molecule has 0 fully saturated rings. The Morgan fingerprint density at radius 3 is 2.48 bits per heavy atom. The summed E-state index contributed by atoms with van der Waals surface area (Å²) in [4.78, 5) is 26.8. The van der Waals surface area contributed by atoms with Gasteiger partial charge in [0.2, 0.25) is 0 Å². The minimum absolute atomic E-state index is 0.0152. The number of hydrogen-bond donors (Lipinski definition) is 1. The number of anilines is 1. The first-order valence-electron chi connectivity index (χ1n) is 8.95. The lowest BCUT2D eigenvalue weighted by atomic mass is 10.1. The number of carbonyl (C=O) groups is 2. The van der Waals surface area contributed by atoms with Crippen LogP contribution < -0.4 is 5.32 Å². The standard InChI is InChI=1S/C21H24N2O2/c1-3-23(4-2)21(25)18-9-6-10-19(14-18)22-20(24)17-12-11-15-7-5-8-16(15)13-17/h6,9-14H,3-5,7-8H2,1-2H3,(H,22,24). The monoisotopic (exact) mass is 336 g/mol. The van der Waals surface area contributed by atoms with Crippen molar-refractivity contribution in [3.05, 3.63) is 64.7 Å². The number of benzene rings is 2. The highest BCUT2D eigenvalue weighted by Gasteiger charge is 2.16. The smallest absolute Gasteiger partial charge is 0.255 e. The predicted molar refractivity (Wildman–Crippen MR) is 100 cm³/mol. The van der Waals surface area contributed by atoms with Crippen molar-refractivity contribution in [2.45, 2.75) is 33.1 Å². The maximum Gasteiger partial charge on any atom is 0.255 e. The number of nitrogens with zero attached hydrogens (tertiary/aromatic N) is 1. The summed E-state index contributed by atoms with van der Waals surface area (Å²) in [5.74, 6) is -0.152. The van der Waals surface area contributed by atoms with E-state index in [1.54, 1.807) is 23.1 Å². The molecule has 3 rings (SSSR count). The lowest BCUT2D eigenvalue weighted by Gasteiger charge is -2.19. The van der Waals surface area contributed by atoms with Crippen molar-refractivity contribution < 1.29 is 9.59 Å². The molecule has 0 bridgehead atoms. The SMILES string of the molecule is CCN(CC)C(=O)c1cccc(NC(=O)c2ccc3c(c2)CCC3)c1. The molecule has 0 saturated heterocycles. The normalized spacial score (nSPS) is 12.6. The van der Waals surface area contributed by atoms with E-state index in [2.05, 4.69) is 11.4 Å². The van der Waals surface area contributed by atoms with Crippen LogP contribution in [0.4, 0.5) is 5.69 Å². The molecule has 2 amide bonds. The Kier molecular flexibility index (Phi) is 5.17. The topological polar surface area (TPSA) is 49.4 Å². The third-order valence-corrected chi connectivity index (χ3v) is 4.78. The van der Waals surface area contributed by atoms with Crippen LogP contribution in [0.5, 0.6) is 0 Å². The molecule has 4 nitrogen and oxygen atoms in total. The Labute approximate surface area is 148 Å². The fourth-order valence-corrected chi connectivity index (χ4v) is 3.34. The Hall–Kier alpha value is -2.62. The quantitative estimate of drug-likeness (QED) is 0.900. The van der Waals surface area contributed by atoms with Crippen molar-refractivity contribution in [1.82, 2.24) is 4.90 Å². The predicted octanol–water partition coefficient (Wildman–Crippen LogP) is 3.91. The zero-order valence-corrected chi connectivity index (χ0v) is 14.8. The largest absolute Gasteiger partial charge is 0.339 e. The van der Waals surface area contributed by atoms with Gasteiger partial charge in [0, 0.05) is 29.9 Å². The van der Waals surface area contributed by atoms with Gasteiger partial charge in [-0.25, -0.2) is 0 Å². The highest BCUT2D eigenvalue weighted by atomic mass is 16.2. The van der Waals surface area contributed by atoms with E-state index in [4.69, 9.17) is 0 Å². The summed E-state index contributed by atoms with van der Waals surface area (Å²) >= 11 is 0. The summed E-state index contributed by atoms with van der Waals surface area (Å²) in [6, 6.07) is 13.1. The second kappa shape index (κ2) is 7.51. The van der Waals surface area contributed by atoms with E-state index in [9.17, 15) is 9.59 Å². The van der Waals surface area contributed by atoms with E-state index < -0.39 is 0 Å². The number of hydrogen-bond acceptors (Lipinski definition) is 2. The van der Waals surface area contributed by atoms with Crippen molar-refractivity contribution in [1.29, 1.82) is 0 Å². The minimum atomic E-state index is -0.137. The van der Waals surface area contributed by atoms with Gasteiger partial charge in [0.1, 0.15) is 0 Å². The second-order valence-corrected chi connectivity index (χ2v) is 6.35. The van der Waals surface area contributed by atoms with Crippen LogP contribution in [0.15, 0.2) is 42.5 Å². The second-order valence-electron chi connectivity index (χ2n) is 6.35. The Balaban J connectivity index is 1.75. The molecule has 0 heterocycles. The first-order chi connectivity index (χ1) is 12.1. The Morgan fingerprint density at radius 2 is 1.72 bits per heavy atom. The van der Waals surface area contributed by atoms with Gasteiger partial charge in [0.15, 0.2) is 0 Å². The van der Waals surface area contributed by atoms with Crippen LogP contribution in [0.1, 0.15) is 52.1 Å². The van der Waals surface area contributed by atoms with Gasteiger partial charge >= 0.3 is 0 Å². The summed E-state index contributed by atoms with van der Waals surface area (Å²) in [5, 5.41) is 2.91. The van der Waals surface area contributed by atoms with Gasteiger partial charge < -0.3 is 10.2 Å². The first kappa shape index (κ1) is 17.2. The molecule has 0 unspecified atom stereocenters. The van der Waals surface area contributed by atoms with Gasteiger partial charge in [-0.3, -0.25) is 9.59 Å². The third kappa shape index (κ3) is 3.73. The van der Waals surface area contributed by atoms with Gasteiger partial charge in [-0.05, 0) is 74.6 Å². The van der Waals surface area contributed by atoms with Crippen molar-refractivity contribution in [2.75, 3.05) is 18.4 Å². The van der Waals surface area contributed by atoms with Crippen LogP contribution in [0.3, 0.4) is 0 Å². The average Bonchev–Trinajstić information content (AvgIpc) is 3.10. The number of carbonyl (C=O) groups excluding carboxylic acids is 2. The molecule has 0 atom stereocenters. The molecule has 0 radical (unpaired) electrons. The lowest BCUT2D eigenvalue weighted by Crippen LogP contribution is -2.30. The fraction of sp³-hybridized carbons (Fsp3) is 0.333. The van der Waals surface area contributed by atoms with Gasteiger partial charge in [0.05, 0.1) is 0 Å². The molecule has 1 aliphatic carbocycles. The number of rotatable bonds is 5. The molecule has 130 valence electrons. The highest BCUT2D eigenvalue weighted by molar-refractivity contribution is 6.05. The van der Waals surface area contributed by atoms with Crippen LogP contribution in [-0.2, 0) is 12.8 Å². The van der Waals surface area contributed by atoms with Gasteiger partial charge in [0.25, 0.3) is 11.8 Å². The molecule has 25 heavy (non-hydrogen) atoms. The summed E-state index contributed by atoms with van der Waals surface area (Å²) in [5.41, 5.74) is 4.53. The summed E-state index contributed by atoms with van der Waals surface area (Å²) in [6.45, 7) is 5.25. The molecule has 0 aromatic heterocycles. The summed E-state index contributed by atoms with van der Waals surface area (Å²) in [6.07, 6.45) is 3.31. The fourth-order valence-electron chi connectivity index (χ4n) is 3.34. The summed E-state index contributed by atoms with van der Waals surface area (Å²) < 4.78 is 0. The van der Waals surface area contributed by atoms with E-state index in [0.717, 1.165) is 19.3 Å². The number of amides is 2. The first-order valence-corrected chi connectivity index (χ1v) is 8.95. The highest BCUT2D eigenvalue weighted by Crippen LogP contribution is 2.23. The molecule has 2 aromatic rings. The third-order valence-electron chi connectivity index (χ3n) is 4.78. The molecule has 2 aromatic carbocycles. The zero-order chi connectivity index (χ0) is 17.8. The van der Waals surface area contributed by atoms with E-state index in [0.29, 0.717) is 29.9 Å². The average molecular weight is 336 g/mol. The lowest BCUT2D eigenvalue weighted by molar-refractivity contribution is 0.0772. The minimum Gasteiger partial charge on any atom is -0.339 e. The number of nitrogens with one attached hydrogen (secondary N) is 1. The molecular weight excluding hydrogens is 312 g/mol. The van der Waals surface area contributed by atoms with Crippen LogP contribution in [0.25, 0.3) is 0 Å². The van der Waals surface area contributed by atoms with Crippen molar-refractivity contribution in [2.24, 2.45) is 0 Å².